The highest BCUT2D eigenvalue weighted by Gasteiger charge is 2.40. The normalized spacial score (nSPS) is 30.5. The number of nitrogens with zero attached hydrogens (tertiary/aromatic N) is 1. The van der Waals surface area contributed by atoms with E-state index >= 15 is 0 Å². The fourth-order valence-corrected chi connectivity index (χ4v) is 4.13. The third-order valence-electron chi connectivity index (χ3n) is 4.19. The molecule has 0 aromatic rings. The van der Waals surface area contributed by atoms with E-state index < -0.39 is 0 Å². The first-order valence-electron chi connectivity index (χ1n) is 6.97. The molecule has 1 amide bonds. The first-order valence-corrected chi connectivity index (χ1v) is 8.12. The number of hydrogen-bond acceptors (Lipinski definition) is 3. The summed E-state index contributed by atoms with van der Waals surface area (Å²) in [7, 11) is 0. The lowest BCUT2D eigenvalue weighted by atomic mass is 10.0. The monoisotopic (exact) mass is 254 g/mol. The zero-order chi connectivity index (χ0) is 11.7. The van der Waals surface area contributed by atoms with Crippen LogP contribution in [0.4, 0.5) is 0 Å². The van der Waals surface area contributed by atoms with Crippen LogP contribution in [0.3, 0.4) is 0 Å². The molecule has 3 fully saturated rings. The van der Waals surface area contributed by atoms with Crippen molar-refractivity contribution in [3.8, 4) is 0 Å². The second-order valence-corrected chi connectivity index (χ2v) is 6.73. The first kappa shape index (κ1) is 11.8. The van der Waals surface area contributed by atoms with E-state index in [1.165, 1.54) is 37.2 Å². The van der Waals surface area contributed by atoms with E-state index in [0.717, 1.165) is 19.5 Å². The minimum absolute atomic E-state index is 0.269. The van der Waals surface area contributed by atoms with Gasteiger partial charge in [-0.15, -0.1) is 0 Å². The van der Waals surface area contributed by atoms with Crippen LogP contribution >= 0.6 is 11.8 Å². The van der Waals surface area contributed by atoms with E-state index in [1.807, 2.05) is 11.8 Å². The van der Waals surface area contributed by atoms with Crippen molar-refractivity contribution in [2.75, 3.05) is 24.6 Å². The number of carbonyl (C=O) groups excluding carboxylic acids is 1. The largest absolute Gasteiger partial charge is 0.336 e. The molecule has 1 saturated carbocycles. The number of rotatable bonds is 3. The van der Waals surface area contributed by atoms with Gasteiger partial charge in [0.25, 0.3) is 0 Å². The summed E-state index contributed by atoms with van der Waals surface area (Å²) in [5.41, 5.74) is 0. The average molecular weight is 254 g/mol. The summed E-state index contributed by atoms with van der Waals surface area (Å²) in [4.78, 5) is 14.9. The zero-order valence-corrected chi connectivity index (χ0v) is 11.2. The zero-order valence-electron chi connectivity index (χ0n) is 10.4. The molecule has 1 unspecified atom stereocenters. The van der Waals surface area contributed by atoms with Crippen LogP contribution in [0.15, 0.2) is 0 Å². The smallest absolute Gasteiger partial charge is 0.227 e. The number of thioether (sulfide) groups is 1. The Balaban J connectivity index is 1.67. The molecule has 0 radical (unpaired) electrons. The highest BCUT2D eigenvalue weighted by Crippen LogP contribution is 2.34. The number of nitrogens with one attached hydrogen (secondary N) is 1. The van der Waals surface area contributed by atoms with Gasteiger partial charge >= 0.3 is 0 Å². The van der Waals surface area contributed by atoms with E-state index in [-0.39, 0.29) is 5.92 Å². The summed E-state index contributed by atoms with van der Waals surface area (Å²) in [5, 5.41) is 3.32. The molecule has 0 bridgehead atoms. The SMILES string of the molecule is O=C(C1CCNC1)N(C1CCSCC1)C1CC1. The molecule has 0 aromatic carbocycles. The Morgan fingerprint density at radius 3 is 2.35 bits per heavy atom. The number of hydrogen-bond donors (Lipinski definition) is 1. The van der Waals surface area contributed by atoms with Crippen molar-refractivity contribution in [3.05, 3.63) is 0 Å². The van der Waals surface area contributed by atoms with Crippen LogP contribution in [0.2, 0.25) is 0 Å². The third kappa shape index (κ3) is 2.63. The molecular weight excluding hydrogens is 232 g/mol. The maximum absolute atomic E-state index is 12.6. The van der Waals surface area contributed by atoms with Gasteiger partial charge in [-0.25, -0.2) is 0 Å². The van der Waals surface area contributed by atoms with Crippen molar-refractivity contribution in [1.82, 2.24) is 10.2 Å². The van der Waals surface area contributed by atoms with Crippen LogP contribution in [-0.2, 0) is 4.79 Å². The van der Waals surface area contributed by atoms with Gasteiger partial charge < -0.3 is 10.2 Å². The van der Waals surface area contributed by atoms with Gasteiger partial charge in [0.15, 0.2) is 0 Å². The van der Waals surface area contributed by atoms with Gasteiger partial charge in [-0.2, -0.15) is 11.8 Å². The summed E-state index contributed by atoms with van der Waals surface area (Å²) >= 11 is 2.04. The molecule has 4 heteroatoms. The molecule has 0 spiro atoms. The lowest BCUT2D eigenvalue weighted by Crippen LogP contribution is -2.47. The fourth-order valence-electron chi connectivity index (χ4n) is 3.05. The van der Waals surface area contributed by atoms with Crippen LogP contribution in [0, 0.1) is 5.92 Å². The average Bonchev–Trinajstić information content (AvgIpc) is 3.04. The standard InChI is InChI=1S/C13H22N2OS/c16-13(10-3-6-14-9-10)15(11-1-2-11)12-4-7-17-8-5-12/h10-12,14H,1-9H2. The Labute approximate surface area is 108 Å². The molecule has 1 atom stereocenters. The highest BCUT2D eigenvalue weighted by molar-refractivity contribution is 7.99. The van der Waals surface area contributed by atoms with E-state index in [9.17, 15) is 4.79 Å². The lowest BCUT2D eigenvalue weighted by Gasteiger charge is -2.36. The van der Waals surface area contributed by atoms with E-state index in [4.69, 9.17) is 0 Å². The maximum atomic E-state index is 12.6. The molecule has 3 rings (SSSR count). The van der Waals surface area contributed by atoms with Crippen molar-refractivity contribution in [2.24, 2.45) is 5.92 Å². The summed E-state index contributed by atoms with van der Waals surface area (Å²) in [6, 6.07) is 1.15. The molecule has 3 nitrogen and oxygen atoms in total. The third-order valence-corrected chi connectivity index (χ3v) is 5.24. The molecule has 2 saturated heterocycles. The van der Waals surface area contributed by atoms with Crippen molar-refractivity contribution in [3.63, 3.8) is 0 Å². The summed E-state index contributed by atoms with van der Waals surface area (Å²) in [6.45, 7) is 1.93. The molecule has 1 aliphatic carbocycles. The van der Waals surface area contributed by atoms with Crippen LogP contribution in [-0.4, -0.2) is 47.5 Å². The Bertz CT molecular complexity index is 281. The summed E-state index contributed by atoms with van der Waals surface area (Å²) < 4.78 is 0. The minimum atomic E-state index is 0.269. The van der Waals surface area contributed by atoms with Gasteiger partial charge in [0.05, 0.1) is 5.92 Å². The number of amides is 1. The topological polar surface area (TPSA) is 32.3 Å². The molecule has 2 heterocycles. The molecule has 3 aliphatic rings. The van der Waals surface area contributed by atoms with Crippen LogP contribution in [0.25, 0.3) is 0 Å². The Morgan fingerprint density at radius 2 is 1.76 bits per heavy atom. The fraction of sp³-hybridized carbons (Fsp3) is 0.923. The van der Waals surface area contributed by atoms with Crippen molar-refractivity contribution < 1.29 is 4.79 Å². The van der Waals surface area contributed by atoms with Gasteiger partial charge in [-0.05, 0) is 50.2 Å². The maximum Gasteiger partial charge on any atom is 0.227 e. The lowest BCUT2D eigenvalue weighted by molar-refractivity contribution is -0.138. The van der Waals surface area contributed by atoms with E-state index in [1.54, 1.807) is 0 Å². The molecule has 1 N–H and O–H groups in total. The van der Waals surface area contributed by atoms with Gasteiger partial charge in [0.1, 0.15) is 0 Å². The molecule has 0 aromatic heterocycles. The van der Waals surface area contributed by atoms with Gasteiger partial charge in [0, 0.05) is 18.6 Å². The Hall–Kier alpha value is -0.220. The molecule has 2 aliphatic heterocycles. The molecule has 96 valence electrons. The van der Waals surface area contributed by atoms with Gasteiger partial charge in [0.2, 0.25) is 5.91 Å². The van der Waals surface area contributed by atoms with E-state index in [2.05, 4.69) is 10.2 Å². The molecular formula is C13H22N2OS. The first-order chi connectivity index (χ1) is 8.36. The predicted molar refractivity (Wildman–Crippen MR) is 71.2 cm³/mol. The summed E-state index contributed by atoms with van der Waals surface area (Å²) in [5.74, 6) is 3.20. The van der Waals surface area contributed by atoms with Gasteiger partial charge in [-0.3, -0.25) is 4.79 Å². The van der Waals surface area contributed by atoms with Crippen molar-refractivity contribution >= 4 is 17.7 Å². The van der Waals surface area contributed by atoms with Crippen molar-refractivity contribution in [2.45, 2.75) is 44.2 Å². The van der Waals surface area contributed by atoms with E-state index in [0.29, 0.717) is 18.0 Å². The van der Waals surface area contributed by atoms with Crippen LogP contribution in [0.1, 0.15) is 32.1 Å². The quantitative estimate of drug-likeness (QED) is 0.828. The Kier molecular flexibility index (Phi) is 3.61. The Morgan fingerprint density at radius 1 is 1.06 bits per heavy atom. The molecule has 17 heavy (non-hydrogen) atoms. The van der Waals surface area contributed by atoms with Gasteiger partial charge in [-0.1, -0.05) is 0 Å². The number of carbonyl (C=O) groups is 1. The van der Waals surface area contributed by atoms with Crippen molar-refractivity contribution in [1.29, 1.82) is 0 Å². The summed E-state index contributed by atoms with van der Waals surface area (Å²) in [6.07, 6.45) is 5.97. The highest BCUT2D eigenvalue weighted by atomic mass is 32.2. The minimum Gasteiger partial charge on any atom is -0.336 e. The predicted octanol–water partition coefficient (Wildman–Crippen LogP) is 1.48. The van der Waals surface area contributed by atoms with Crippen LogP contribution in [0.5, 0.6) is 0 Å². The second-order valence-electron chi connectivity index (χ2n) is 5.51. The second kappa shape index (κ2) is 5.19. The van der Waals surface area contributed by atoms with Crippen LogP contribution < -0.4 is 5.32 Å².